The molecule has 3 fully saturated rings. The number of hydrogen-bond acceptors (Lipinski definition) is 6. The van der Waals surface area contributed by atoms with Gasteiger partial charge in [0, 0.05) is 23.3 Å². The monoisotopic (exact) mass is 504 g/mol. The molecule has 0 heterocycles. The van der Waals surface area contributed by atoms with Crippen molar-refractivity contribution in [1.29, 1.82) is 0 Å². The van der Waals surface area contributed by atoms with Crippen molar-refractivity contribution in [3.8, 4) is 0 Å². The van der Waals surface area contributed by atoms with Gasteiger partial charge >= 0.3 is 0 Å². The molecule has 5 rings (SSSR count). The molecule has 0 amide bonds. The van der Waals surface area contributed by atoms with Gasteiger partial charge in [0.25, 0.3) is 0 Å². The molecule has 5 aliphatic carbocycles. The first-order valence-electron chi connectivity index (χ1n) is 14.1. The Balaban J connectivity index is 1.61. The number of carbonyl (C=O) groups is 1. The lowest BCUT2D eigenvalue weighted by atomic mass is 9.42. The SMILES string of the molecule is CC(C)(O)[C@@H]1CC[C@H]([C@@H]2C[C@H](O)[C@@]3(C)C4=C([C@H](O)C[C@]23C)[C@@]2(C)CC[C@@H](O)C(C)(C)[C@@H]2CC4=O)[C@@H]1O. The number of aliphatic hydroxyl groups is 5. The van der Waals surface area contributed by atoms with Crippen molar-refractivity contribution in [3.05, 3.63) is 11.1 Å². The summed E-state index contributed by atoms with van der Waals surface area (Å²) in [5.41, 5.74) is -1.77. The summed E-state index contributed by atoms with van der Waals surface area (Å²) in [6.45, 7) is 13.9. The highest BCUT2D eigenvalue weighted by Crippen LogP contribution is 2.72. The molecule has 6 nitrogen and oxygen atoms in total. The molecular formula is C30H48O6. The van der Waals surface area contributed by atoms with E-state index in [9.17, 15) is 30.3 Å². The molecule has 0 bridgehead atoms. The van der Waals surface area contributed by atoms with Gasteiger partial charge < -0.3 is 25.5 Å². The van der Waals surface area contributed by atoms with Crippen LogP contribution >= 0.6 is 0 Å². The van der Waals surface area contributed by atoms with Crippen LogP contribution in [0.3, 0.4) is 0 Å². The fourth-order valence-electron chi connectivity index (χ4n) is 10.4. The average molecular weight is 505 g/mol. The summed E-state index contributed by atoms with van der Waals surface area (Å²) in [5, 5.41) is 56.4. The number of fused-ring (bicyclic) bond motifs is 4. The summed E-state index contributed by atoms with van der Waals surface area (Å²) in [7, 11) is 0. The van der Waals surface area contributed by atoms with Crippen LogP contribution in [-0.2, 0) is 4.79 Å². The molecule has 0 unspecified atom stereocenters. The van der Waals surface area contributed by atoms with E-state index in [1.165, 1.54) is 0 Å². The highest BCUT2D eigenvalue weighted by molar-refractivity contribution is 6.00. The summed E-state index contributed by atoms with van der Waals surface area (Å²) in [5.74, 6) is -0.455. The van der Waals surface area contributed by atoms with E-state index in [0.717, 1.165) is 18.4 Å². The van der Waals surface area contributed by atoms with Crippen LogP contribution in [0.25, 0.3) is 0 Å². The summed E-state index contributed by atoms with van der Waals surface area (Å²) in [6, 6.07) is 0. The minimum atomic E-state index is -0.987. The Morgan fingerprint density at radius 1 is 0.917 bits per heavy atom. The molecule has 0 aromatic heterocycles. The highest BCUT2D eigenvalue weighted by Gasteiger charge is 2.71. The van der Waals surface area contributed by atoms with Crippen LogP contribution in [0.4, 0.5) is 0 Å². The molecular weight excluding hydrogens is 456 g/mol. The van der Waals surface area contributed by atoms with Gasteiger partial charge in [-0.25, -0.2) is 0 Å². The second-order valence-corrected chi connectivity index (χ2v) is 15.0. The maximum absolute atomic E-state index is 14.0. The van der Waals surface area contributed by atoms with Crippen LogP contribution in [-0.4, -0.2) is 61.3 Å². The molecule has 204 valence electrons. The predicted octanol–water partition coefficient (Wildman–Crippen LogP) is 3.38. The Bertz CT molecular complexity index is 978. The molecule has 0 radical (unpaired) electrons. The third-order valence-corrected chi connectivity index (χ3v) is 12.7. The molecule has 0 aromatic carbocycles. The topological polar surface area (TPSA) is 118 Å². The second kappa shape index (κ2) is 7.88. The van der Waals surface area contributed by atoms with Gasteiger partial charge in [0.15, 0.2) is 5.78 Å². The Hall–Kier alpha value is -0.790. The lowest BCUT2D eigenvalue weighted by Crippen LogP contribution is -2.61. The standard InChI is InChI=1S/C30H48O6/c1-26(2)20-13-18(31)24-23(28(20,5)11-10-21(26)33)19(32)14-29(6)17(12-22(34)30(24,29)7)15-8-9-16(25(15)35)27(3,4)36/h15-17,19-22,25,32-36H,8-14H2,1-7H3/t15-,16-,17+,19-,20+,21-,22+,25+,28+,29-,30+/m1/s1. The van der Waals surface area contributed by atoms with Crippen LogP contribution in [0, 0.1) is 45.3 Å². The summed E-state index contributed by atoms with van der Waals surface area (Å²) in [6.07, 6.45) is 1.37. The molecule has 0 spiro atoms. The van der Waals surface area contributed by atoms with Crippen molar-refractivity contribution >= 4 is 5.78 Å². The van der Waals surface area contributed by atoms with Crippen molar-refractivity contribution < 1.29 is 30.3 Å². The fraction of sp³-hybridized carbons (Fsp3) is 0.900. The minimum Gasteiger partial charge on any atom is -0.393 e. The Kier molecular flexibility index (Phi) is 5.86. The summed E-state index contributed by atoms with van der Waals surface area (Å²) >= 11 is 0. The van der Waals surface area contributed by atoms with Gasteiger partial charge in [-0.1, -0.05) is 34.6 Å². The van der Waals surface area contributed by atoms with Crippen LogP contribution in [0.2, 0.25) is 0 Å². The maximum Gasteiger partial charge on any atom is 0.159 e. The Morgan fingerprint density at radius 2 is 1.56 bits per heavy atom. The van der Waals surface area contributed by atoms with Gasteiger partial charge in [0.1, 0.15) is 0 Å². The smallest absolute Gasteiger partial charge is 0.159 e. The van der Waals surface area contributed by atoms with Gasteiger partial charge in [-0.2, -0.15) is 0 Å². The molecule has 0 saturated heterocycles. The largest absolute Gasteiger partial charge is 0.393 e. The number of hydrogen-bond donors (Lipinski definition) is 5. The molecule has 0 aliphatic heterocycles. The van der Waals surface area contributed by atoms with Gasteiger partial charge in [0.05, 0.1) is 30.0 Å². The normalized spacial score (nSPS) is 52.7. The highest BCUT2D eigenvalue weighted by atomic mass is 16.3. The van der Waals surface area contributed by atoms with Crippen molar-refractivity contribution in [2.75, 3.05) is 0 Å². The minimum absolute atomic E-state index is 0.00293. The Labute approximate surface area is 216 Å². The molecule has 6 heteroatoms. The first-order valence-corrected chi connectivity index (χ1v) is 14.1. The van der Waals surface area contributed by atoms with Crippen LogP contribution in [0.1, 0.15) is 93.4 Å². The number of aliphatic hydroxyl groups excluding tert-OH is 4. The lowest BCUT2D eigenvalue weighted by molar-refractivity contribution is -0.141. The van der Waals surface area contributed by atoms with Crippen molar-refractivity contribution in [3.63, 3.8) is 0 Å². The predicted molar refractivity (Wildman–Crippen MR) is 137 cm³/mol. The fourth-order valence-corrected chi connectivity index (χ4v) is 10.4. The summed E-state index contributed by atoms with van der Waals surface area (Å²) in [4.78, 5) is 14.0. The zero-order chi connectivity index (χ0) is 26.8. The molecule has 5 aliphatic rings. The zero-order valence-electron chi connectivity index (χ0n) is 23.2. The van der Waals surface area contributed by atoms with Gasteiger partial charge in [-0.05, 0) is 91.9 Å². The Morgan fingerprint density at radius 3 is 2.14 bits per heavy atom. The molecule has 3 saturated carbocycles. The van der Waals surface area contributed by atoms with Crippen molar-refractivity contribution in [1.82, 2.24) is 0 Å². The van der Waals surface area contributed by atoms with Crippen LogP contribution < -0.4 is 0 Å². The zero-order valence-corrected chi connectivity index (χ0v) is 23.2. The first-order chi connectivity index (χ1) is 16.4. The van der Waals surface area contributed by atoms with E-state index in [2.05, 4.69) is 13.8 Å². The number of ketones is 1. The van der Waals surface area contributed by atoms with E-state index in [1.807, 2.05) is 20.8 Å². The van der Waals surface area contributed by atoms with Crippen LogP contribution in [0.5, 0.6) is 0 Å². The van der Waals surface area contributed by atoms with Crippen molar-refractivity contribution in [2.24, 2.45) is 45.3 Å². The van der Waals surface area contributed by atoms with E-state index in [1.54, 1.807) is 13.8 Å². The van der Waals surface area contributed by atoms with E-state index >= 15 is 0 Å². The first kappa shape index (κ1) is 26.8. The number of carbonyl (C=O) groups excluding carboxylic acids is 1. The van der Waals surface area contributed by atoms with Gasteiger partial charge in [-0.15, -0.1) is 0 Å². The lowest BCUT2D eigenvalue weighted by Gasteiger charge is -2.62. The van der Waals surface area contributed by atoms with E-state index in [-0.39, 0.29) is 29.5 Å². The second-order valence-electron chi connectivity index (χ2n) is 15.0. The maximum atomic E-state index is 14.0. The average Bonchev–Trinajstić information content (AvgIpc) is 3.23. The van der Waals surface area contributed by atoms with Crippen LogP contribution in [0.15, 0.2) is 11.1 Å². The number of Topliss-reactive ketones (excluding diaryl/α,β-unsaturated/α-hetero) is 1. The van der Waals surface area contributed by atoms with Crippen molar-refractivity contribution in [2.45, 2.75) is 123 Å². The third kappa shape index (κ3) is 3.17. The van der Waals surface area contributed by atoms with E-state index in [0.29, 0.717) is 37.7 Å². The quantitative estimate of drug-likeness (QED) is 0.394. The summed E-state index contributed by atoms with van der Waals surface area (Å²) < 4.78 is 0. The van der Waals surface area contributed by atoms with Gasteiger partial charge in [0.2, 0.25) is 0 Å². The number of rotatable bonds is 2. The van der Waals surface area contributed by atoms with E-state index < -0.39 is 51.7 Å². The molecule has 5 N–H and O–H groups in total. The third-order valence-electron chi connectivity index (χ3n) is 12.7. The van der Waals surface area contributed by atoms with E-state index in [4.69, 9.17) is 0 Å². The molecule has 11 atom stereocenters. The van der Waals surface area contributed by atoms with Gasteiger partial charge in [-0.3, -0.25) is 4.79 Å². The molecule has 36 heavy (non-hydrogen) atoms. The molecule has 0 aromatic rings.